The van der Waals surface area contributed by atoms with E-state index in [1.54, 1.807) is 6.92 Å². The van der Waals surface area contributed by atoms with Gasteiger partial charge in [-0.2, -0.15) is 0 Å². The number of ether oxygens (including phenoxy) is 1. The summed E-state index contributed by atoms with van der Waals surface area (Å²) in [6.07, 6.45) is 0.610. The summed E-state index contributed by atoms with van der Waals surface area (Å²) in [5, 5.41) is 19.9. The van der Waals surface area contributed by atoms with Gasteiger partial charge in [0.15, 0.2) is 0 Å². The summed E-state index contributed by atoms with van der Waals surface area (Å²) in [6.45, 7) is 8.26. The fourth-order valence-corrected chi connectivity index (χ4v) is 2.43. The Labute approximate surface area is 126 Å². The van der Waals surface area contributed by atoms with Crippen molar-refractivity contribution in [2.24, 2.45) is 0 Å². The van der Waals surface area contributed by atoms with E-state index in [0.29, 0.717) is 24.5 Å². The summed E-state index contributed by atoms with van der Waals surface area (Å²) in [4.78, 5) is 0. The van der Waals surface area contributed by atoms with Gasteiger partial charge in [0.05, 0.1) is 18.8 Å². The first kappa shape index (κ1) is 17.3. The predicted octanol–water partition coefficient (Wildman–Crippen LogP) is 3.42. The molecule has 0 bridgehead atoms. The van der Waals surface area contributed by atoms with Gasteiger partial charge in [-0.3, -0.25) is 0 Å². The Hall–Kier alpha value is -0.770. The Balaban J connectivity index is 3.01. The maximum absolute atomic E-state index is 9.76. The zero-order valence-electron chi connectivity index (χ0n) is 12.7. The van der Waals surface area contributed by atoms with Crippen molar-refractivity contribution < 1.29 is 14.9 Å². The van der Waals surface area contributed by atoms with Crippen LogP contribution in [0.2, 0.25) is 5.02 Å². The fourth-order valence-electron chi connectivity index (χ4n) is 2.16. The second-order valence-electron chi connectivity index (χ2n) is 5.30. The minimum absolute atomic E-state index is 0.487. The van der Waals surface area contributed by atoms with Crippen molar-refractivity contribution in [3.8, 4) is 5.75 Å². The molecular formula is C16H25ClO3. The maximum atomic E-state index is 9.76. The highest BCUT2D eigenvalue weighted by Gasteiger charge is 2.17. The van der Waals surface area contributed by atoms with Crippen LogP contribution in [0.5, 0.6) is 5.75 Å². The number of aliphatic hydroxyl groups is 2. The van der Waals surface area contributed by atoms with E-state index in [1.165, 1.54) is 0 Å². The van der Waals surface area contributed by atoms with Crippen LogP contribution < -0.4 is 4.74 Å². The number of benzene rings is 1. The van der Waals surface area contributed by atoms with E-state index < -0.39 is 12.2 Å². The molecule has 1 aromatic carbocycles. The number of halogens is 1. The van der Waals surface area contributed by atoms with E-state index in [1.807, 2.05) is 19.9 Å². The van der Waals surface area contributed by atoms with Crippen LogP contribution in [0.4, 0.5) is 0 Å². The first-order valence-corrected chi connectivity index (χ1v) is 7.53. The highest BCUT2D eigenvalue weighted by molar-refractivity contribution is 6.31. The van der Waals surface area contributed by atoms with Gasteiger partial charge in [0.2, 0.25) is 0 Å². The standard InChI is InChI=1S/C16H25ClO3/c1-5-8-20-16-10(2)9-14(17)11(3)13(16)6-7-15(19)12(4)18/h9,12,15,18-19H,5-8H2,1-4H3. The summed E-state index contributed by atoms with van der Waals surface area (Å²) >= 11 is 6.24. The molecule has 0 fully saturated rings. The Bertz CT molecular complexity index is 444. The first-order chi connectivity index (χ1) is 9.38. The lowest BCUT2D eigenvalue weighted by Gasteiger charge is -2.19. The van der Waals surface area contributed by atoms with E-state index in [-0.39, 0.29) is 0 Å². The van der Waals surface area contributed by atoms with Crippen LogP contribution in [-0.4, -0.2) is 29.0 Å². The number of aryl methyl sites for hydroxylation is 1. The van der Waals surface area contributed by atoms with Gasteiger partial charge in [-0.25, -0.2) is 0 Å². The molecule has 3 nitrogen and oxygen atoms in total. The fraction of sp³-hybridized carbons (Fsp3) is 0.625. The molecule has 0 aliphatic heterocycles. The van der Waals surface area contributed by atoms with Crippen LogP contribution in [0, 0.1) is 13.8 Å². The number of hydrogen-bond donors (Lipinski definition) is 2. The lowest BCUT2D eigenvalue weighted by atomic mass is 9.97. The van der Waals surface area contributed by atoms with Gasteiger partial charge in [-0.15, -0.1) is 0 Å². The summed E-state index contributed by atoms with van der Waals surface area (Å²) < 4.78 is 5.84. The van der Waals surface area contributed by atoms with E-state index in [9.17, 15) is 10.2 Å². The minimum Gasteiger partial charge on any atom is -0.493 e. The molecule has 0 heterocycles. The van der Waals surface area contributed by atoms with Crippen molar-refractivity contribution in [1.29, 1.82) is 0 Å². The Kier molecular flexibility index (Phi) is 6.80. The topological polar surface area (TPSA) is 49.7 Å². The Morgan fingerprint density at radius 3 is 2.50 bits per heavy atom. The highest BCUT2D eigenvalue weighted by Crippen LogP contribution is 2.33. The molecule has 0 radical (unpaired) electrons. The van der Waals surface area contributed by atoms with Crippen LogP contribution in [0.25, 0.3) is 0 Å². The van der Waals surface area contributed by atoms with Gasteiger partial charge < -0.3 is 14.9 Å². The van der Waals surface area contributed by atoms with Gasteiger partial charge >= 0.3 is 0 Å². The number of hydrogen-bond acceptors (Lipinski definition) is 3. The smallest absolute Gasteiger partial charge is 0.125 e. The second kappa shape index (κ2) is 7.87. The average Bonchev–Trinajstić information content (AvgIpc) is 2.39. The van der Waals surface area contributed by atoms with Gasteiger partial charge in [-0.1, -0.05) is 18.5 Å². The molecule has 0 aromatic heterocycles. The molecule has 2 unspecified atom stereocenters. The average molecular weight is 301 g/mol. The molecule has 0 saturated heterocycles. The van der Waals surface area contributed by atoms with Crippen LogP contribution in [0.15, 0.2) is 6.07 Å². The first-order valence-electron chi connectivity index (χ1n) is 7.16. The summed E-state index contributed by atoms with van der Waals surface area (Å²) in [7, 11) is 0. The molecule has 0 aliphatic carbocycles. The lowest BCUT2D eigenvalue weighted by molar-refractivity contribution is 0.0264. The van der Waals surface area contributed by atoms with Gasteiger partial charge in [0.1, 0.15) is 5.75 Å². The Morgan fingerprint density at radius 1 is 1.30 bits per heavy atom. The molecule has 4 heteroatoms. The molecule has 1 rings (SSSR count). The molecule has 2 N–H and O–H groups in total. The third-order valence-electron chi connectivity index (χ3n) is 3.48. The predicted molar refractivity (Wildman–Crippen MR) is 82.7 cm³/mol. The SMILES string of the molecule is CCCOc1c(C)cc(Cl)c(C)c1CCC(O)C(C)O. The van der Waals surface area contributed by atoms with Crippen LogP contribution in [0.1, 0.15) is 43.4 Å². The largest absolute Gasteiger partial charge is 0.493 e. The molecular weight excluding hydrogens is 276 g/mol. The van der Waals surface area contributed by atoms with Crippen molar-refractivity contribution >= 4 is 11.6 Å². The van der Waals surface area contributed by atoms with Crippen molar-refractivity contribution in [2.75, 3.05) is 6.61 Å². The van der Waals surface area contributed by atoms with Crippen LogP contribution >= 0.6 is 11.6 Å². The van der Waals surface area contributed by atoms with Crippen molar-refractivity contribution in [2.45, 2.75) is 59.2 Å². The molecule has 0 saturated carbocycles. The minimum atomic E-state index is -0.729. The zero-order valence-corrected chi connectivity index (χ0v) is 13.5. The number of aliphatic hydroxyl groups excluding tert-OH is 2. The third-order valence-corrected chi connectivity index (χ3v) is 3.88. The Morgan fingerprint density at radius 2 is 1.95 bits per heavy atom. The number of rotatable bonds is 7. The van der Waals surface area contributed by atoms with Gasteiger partial charge in [0.25, 0.3) is 0 Å². The summed E-state index contributed by atoms with van der Waals surface area (Å²) in [5.74, 6) is 0.867. The third kappa shape index (κ3) is 4.37. The maximum Gasteiger partial charge on any atom is 0.125 e. The molecule has 114 valence electrons. The molecule has 20 heavy (non-hydrogen) atoms. The normalized spacial score (nSPS) is 14.2. The second-order valence-corrected chi connectivity index (χ2v) is 5.71. The molecule has 1 aromatic rings. The summed E-state index contributed by atoms with van der Waals surface area (Å²) in [6, 6.07) is 1.91. The zero-order chi connectivity index (χ0) is 15.3. The van der Waals surface area contributed by atoms with E-state index in [0.717, 1.165) is 28.9 Å². The summed E-state index contributed by atoms with van der Waals surface area (Å²) in [5.41, 5.74) is 3.03. The van der Waals surface area contributed by atoms with E-state index >= 15 is 0 Å². The lowest BCUT2D eigenvalue weighted by Crippen LogP contribution is -2.23. The molecule has 0 amide bonds. The molecule has 0 aliphatic rings. The monoisotopic (exact) mass is 300 g/mol. The molecule has 0 spiro atoms. The van der Waals surface area contributed by atoms with Crippen LogP contribution in [0.3, 0.4) is 0 Å². The van der Waals surface area contributed by atoms with Crippen molar-refractivity contribution in [3.63, 3.8) is 0 Å². The van der Waals surface area contributed by atoms with E-state index in [2.05, 4.69) is 6.92 Å². The quantitative estimate of drug-likeness (QED) is 0.811. The van der Waals surface area contributed by atoms with Crippen molar-refractivity contribution in [3.05, 3.63) is 27.8 Å². The van der Waals surface area contributed by atoms with E-state index in [4.69, 9.17) is 16.3 Å². The van der Waals surface area contributed by atoms with Gasteiger partial charge in [-0.05, 0) is 62.8 Å². The van der Waals surface area contributed by atoms with Crippen molar-refractivity contribution in [1.82, 2.24) is 0 Å². The van der Waals surface area contributed by atoms with Gasteiger partial charge in [0, 0.05) is 5.02 Å². The highest BCUT2D eigenvalue weighted by atomic mass is 35.5. The van der Waals surface area contributed by atoms with Crippen LogP contribution in [-0.2, 0) is 6.42 Å². The molecule has 2 atom stereocenters.